The Kier molecular flexibility index (Phi) is 16.9. The molecule has 0 aliphatic heterocycles. The molecule has 0 fully saturated rings. The first kappa shape index (κ1) is 50.4. The molecule has 0 radical (unpaired) electrons. The van der Waals surface area contributed by atoms with E-state index in [1.54, 1.807) is 11.1 Å². The van der Waals surface area contributed by atoms with Gasteiger partial charge in [0.05, 0.1) is 5.41 Å². The van der Waals surface area contributed by atoms with Gasteiger partial charge >= 0.3 is 0 Å². The Hall–Kier alpha value is -6.50. The summed E-state index contributed by atoms with van der Waals surface area (Å²) >= 11 is 0. The number of benzene rings is 8. The highest BCUT2D eigenvalue weighted by molar-refractivity contribution is 6.00. The predicted molar refractivity (Wildman–Crippen MR) is 305 cm³/mol. The third-order valence-electron chi connectivity index (χ3n) is 13.9. The van der Waals surface area contributed by atoms with Crippen molar-refractivity contribution in [3.8, 4) is 33.4 Å². The molecule has 0 unspecified atom stereocenters. The average Bonchev–Trinajstić information content (AvgIpc) is 3.85. The fourth-order valence-electron chi connectivity index (χ4n) is 10.8. The smallest absolute Gasteiger partial charge is 0.0725 e. The van der Waals surface area contributed by atoms with Crippen LogP contribution in [0, 0.1) is 34.6 Å². The molecule has 8 aromatic rings. The van der Waals surface area contributed by atoms with Gasteiger partial charge in [0.25, 0.3) is 0 Å². The summed E-state index contributed by atoms with van der Waals surface area (Å²) in [5.74, 6) is 0. The lowest BCUT2D eigenvalue weighted by Gasteiger charge is -2.30. The molecule has 0 N–H and O–H groups in total. The van der Waals surface area contributed by atoms with Crippen molar-refractivity contribution < 1.29 is 0 Å². The van der Waals surface area contributed by atoms with Gasteiger partial charge in [-0.15, -0.1) is 0 Å². The highest BCUT2D eigenvalue weighted by Crippen LogP contribution is 2.62. The summed E-state index contributed by atoms with van der Waals surface area (Å²) in [7, 11) is 0. The van der Waals surface area contributed by atoms with Crippen LogP contribution in [0.15, 0.2) is 164 Å². The highest BCUT2D eigenvalue weighted by atomic mass is 14.5. The van der Waals surface area contributed by atoms with Gasteiger partial charge in [-0.3, -0.25) is 0 Å². The lowest BCUT2D eigenvalue weighted by molar-refractivity contribution is 0.792. The maximum Gasteiger partial charge on any atom is 0.0725 e. The van der Waals surface area contributed by atoms with Crippen LogP contribution >= 0.6 is 0 Å². The third-order valence-corrected chi connectivity index (χ3v) is 13.9. The SMILES string of the molecule is CC.CCC.CCCC.Cc1ccc(-c2ccccc2C)c(C)c1.Cc1ccc2c(c1)C1(c3ccccc3-c3ccccc31)c1ccccc1-2.Cc1ccc2c3c(c4c(c2c1)C=CCC4)CCC=C3. The largest absolute Gasteiger partial charge is 0.0836 e. The summed E-state index contributed by atoms with van der Waals surface area (Å²) < 4.78 is 0. The van der Waals surface area contributed by atoms with Crippen LogP contribution in [-0.2, 0) is 18.3 Å². The normalized spacial score (nSPS) is 13.1. The first-order valence-corrected chi connectivity index (χ1v) is 26.1. The van der Waals surface area contributed by atoms with Gasteiger partial charge in [-0.25, -0.2) is 0 Å². The van der Waals surface area contributed by atoms with Crippen LogP contribution in [0.2, 0.25) is 0 Å². The molecule has 12 rings (SSSR count). The Balaban J connectivity index is 0.000000145. The van der Waals surface area contributed by atoms with E-state index in [1.807, 2.05) is 13.8 Å². The fraction of sp³-hybridized carbons (Fsp3) is 0.275. The van der Waals surface area contributed by atoms with E-state index in [-0.39, 0.29) is 5.41 Å². The Morgan fingerprint density at radius 1 is 0.377 bits per heavy atom. The van der Waals surface area contributed by atoms with Crippen LogP contribution in [-0.4, -0.2) is 0 Å². The molecule has 0 saturated carbocycles. The quantitative estimate of drug-likeness (QED) is 0.162. The first-order valence-electron chi connectivity index (χ1n) is 26.1. The molecule has 0 aromatic heterocycles. The molecule has 4 aliphatic carbocycles. The maximum absolute atomic E-state index is 2.40. The Morgan fingerprint density at radius 2 is 0.768 bits per heavy atom. The summed E-state index contributed by atoms with van der Waals surface area (Å²) in [6.07, 6.45) is 18.1. The molecule has 0 amide bonds. The summed E-state index contributed by atoms with van der Waals surface area (Å²) in [6, 6.07) is 55.8. The minimum atomic E-state index is -0.189. The number of rotatable bonds is 2. The van der Waals surface area contributed by atoms with Gasteiger partial charge in [0.1, 0.15) is 0 Å². The second-order valence-electron chi connectivity index (χ2n) is 19.0. The monoisotopic (exact) mass is 905 g/mol. The van der Waals surface area contributed by atoms with Crippen molar-refractivity contribution in [2.45, 2.75) is 127 Å². The topological polar surface area (TPSA) is 0 Å². The van der Waals surface area contributed by atoms with Crippen molar-refractivity contribution in [1.82, 2.24) is 0 Å². The van der Waals surface area contributed by atoms with Gasteiger partial charge in [0.2, 0.25) is 0 Å². The Labute approximate surface area is 416 Å². The zero-order chi connectivity index (χ0) is 49.1. The van der Waals surface area contributed by atoms with Crippen LogP contribution < -0.4 is 0 Å². The minimum absolute atomic E-state index is 0.189. The number of hydrogen-bond acceptors (Lipinski definition) is 0. The zero-order valence-electron chi connectivity index (χ0n) is 43.7. The molecular formula is C69H76. The molecule has 0 saturated heterocycles. The lowest BCUT2D eigenvalue weighted by Crippen LogP contribution is -2.25. The molecule has 0 heteroatoms. The number of hydrogen-bond donors (Lipinski definition) is 0. The van der Waals surface area contributed by atoms with Gasteiger partial charge in [-0.05, 0) is 160 Å². The summed E-state index contributed by atoms with van der Waals surface area (Å²) in [5, 5.41) is 2.87. The Morgan fingerprint density at radius 3 is 1.26 bits per heavy atom. The van der Waals surface area contributed by atoms with E-state index in [0.717, 1.165) is 0 Å². The average molecular weight is 905 g/mol. The van der Waals surface area contributed by atoms with E-state index < -0.39 is 0 Å². The van der Waals surface area contributed by atoms with Crippen LogP contribution in [0.3, 0.4) is 0 Å². The van der Waals surface area contributed by atoms with Crippen molar-refractivity contribution >= 4 is 22.9 Å². The second-order valence-corrected chi connectivity index (χ2v) is 19.0. The molecule has 0 bridgehead atoms. The molecule has 1 spiro atoms. The standard InChI is InChI=1S/C26H18.C19H18.C15H16.C4H10.C3H8.C2H6/c1-17-14-15-21-20-10-4-7-13-24(20)26(25(21)16-17)22-11-5-2-8-18(22)19-9-3-6-12-23(19)26;1-13-10-11-18-16-8-3-2-6-14(16)15-7-4-5-9-17(15)19(18)12-13;1-11-8-9-15(13(3)10-11)14-7-5-4-6-12(14)2;1-3-4-2;1-3-2;1-2/h2-16H,1H3;3,5,8-12H,2,4,6-7H2,1H3;4-10H,1-3H3;3-4H2,1-2H3;3H2,1-2H3;1-2H3. The minimum Gasteiger partial charge on any atom is -0.0836 e. The lowest BCUT2D eigenvalue weighted by atomic mass is 9.70. The second kappa shape index (κ2) is 23.2. The Bertz CT molecular complexity index is 3030. The first-order chi connectivity index (χ1) is 33.7. The molecule has 4 aliphatic rings. The number of aryl methyl sites for hydroxylation is 5. The van der Waals surface area contributed by atoms with Crippen molar-refractivity contribution in [1.29, 1.82) is 0 Å². The number of allylic oxidation sites excluding steroid dienone is 2. The van der Waals surface area contributed by atoms with E-state index in [1.165, 1.54) is 150 Å². The van der Waals surface area contributed by atoms with Crippen LogP contribution in [0.4, 0.5) is 0 Å². The summed E-state index contributed by atoms with van der Waals surface area (Å²) in [6.45, 7) is 23.5. The van der Waals surface area contributed by atoms with Gasteiger partial charge in [0.15, 0.2) is 0 Å². The molecule has 8 aromatic carbocycles. The molecule has 0 heterocycles. The van der Waals surface area contributed by atoms with Gasteiger partial charge in [-0.1, -0.05) is 253 Å². The summed E-state index contributed by atoms with van der Waals surface area (Å²) in [5.41, 5.74) is 26.5. The van der Waals surface area contributed by atoms with Gasteiger partial charge in [0, 0.05) is 0 Å². The fourth-order valence-corrected chi connectivity index (χ4v) is 10.8. The summed E-state index contributed by atoms with van der Waals surface area (Å²) in [4.78, 5) is 0. The molecule has 0 atom stereocenters. The molecule has 69 heavy (non-hydrogen) atoms. The van der Waals surface area contributed by atoms with E-state index in [0.29, 0.717) is 0 Å². The van der Waals surface area contributed by atoms with Gasteiger partial charge < -0.3 is 0 Å². The van der Waals surface area contributed by atoms with Crippen LogP contribution in [0.25, 0.3) is 56.3 Å². The van der Waals surface area contributed by atoms with E-state index in [9.17, 15) is 0 Å². The van der Waals surface area contributed by atoms with E-state index >= 15 is 0 Å². The highest BCUT2D eigenvalue weighted by Gasteiger charge is 2.51. The molecule has 0 nitrogen and oxygen atoms in total. The van der Waals surface area contributed by atoms with E-state index in [2.05, 4.69) is 238 Å². The van der Waals surface area contributed by atoms with Gasteiger partial charge in [-0.2, -0.15) is 0 Å². The number of fused-ring (bicyclic) bond motifs is 16. The van der Waals surface area contributed by atoms with Crippen molar-refractivity contribution in [3.05, 3.63) is 236 Å². The zero-order valence-corrected chi connectivity index (χ0v) is 43.7. The third kappa shape index (κ3) is 10.0. The molecule has 352 valence electrons. The van der Waals surface area contributed by atoms with Crippen molar-refractivity contribution in [2.24, 2.45) is 0 Å². The maximum atomic E-state index is 2.40. The predicted octanol–water partition coefficient (Wildman–Crippen LogP) is 19.9. The van der Waals surface area contributed by atoms with Crippen molar-refractivity contribution in [3.63, 3.8) is 0 Å². The number of unbranched alkanes of at least 4 members (excludes halogenated alkanes) is 1. The molecular weight excluding hydrogens is 829 g/mol. The van der Waals surface area contributed by atoms with Crippen LogP contribution in [0.1, 0.15) is 146 Å². The van der Waals surface area contributed by atoms with Crippen LogP contribution in [0.5, 0.6) is 0 Å². The van der Waals surface area contributed by atoms with Crippen molar-refractivity contribution in [2.75, 3.05) is 0 Å². The van der Waals surface area contributed by atoms with E-state index in [4.69, 9.17) is 0 Å².